The minimum atomic E-state index is 0.557. The number of carbonyl (C=O) groups is 1. The second-order valence-electron chi connectivity index (χ2n) is 2.43. The molecule has 0 bridgehead atoms. The molecule has 0 aromatic carbocycles. The van der Waals surface area contributed by atoms with Gasteiger partial charge in [0, 0.05) is 18.0 Å². The number of nitrogens with zero attached hydrogens (tertiary/aromatic N) is 2. The van der Waals surface area contributed by atoms with Crippen LogP contribution in [0.3, 0.4) is 0 Å². The van der Waals surface area contributed by atoms with Gasteiger partial charge >= 0.3 is 0 Å². The van der Waals surface area contributed by atoms with Gasteiger partial charge in [-0.1, -0.05) is 0 Å². The Morgan fingerprint density at radius 1 is 1.25 bits per heavy atom. The molecule has 2 rings (SSSR count). The number of pyridine rings is 2. The number of fused-ring (bicyclic) bond motifs is 1. The molecule has 0 aliphatic rings. The third-order valence-corrected chi connectivity index (χ3v) is 1.61. The molecule has 0 aliphatic heterocycles. The van der Waals surface area contributed by atoms with E-state index in [0.717, 1.165) is 17.3 Å². The first-order valence-electron chi connectivity index (χ1n) is 3.56. The van der Waals surface area contributed by atoms with Gasteiger partial charge in [-0.2, -0.15) is 0 Å². The van der Waals surface area contributed by atoms with Crippen LogP contribution in [-0.2, 0) is 0 Å². The summed E-state index contributed by atoms with van der Waals surface area (Å²) in [6, 6.07) is 5.39. The molecule has 2 aromatic rings. The van der Waals surface area contributed by atoms with Crippen molar-refractivity contribution in [2.24, 2.45) is 0 Å². The van der Waals surface area contributed by atoms with Crippen molar-refractivity contribution >= 4 is 17.3 Å². The average molecular weight is 158 g/mol. The van der Waals surface area contributed by atoms with E-state index in [-0.39, 0.29) is 0 Å². The summed E-state index contributed by atoms with van der Waals surface area (Å²) in [5.74, 6) is 0. The van der Waals surface area contributed by atoms with Crippen molar-refractivity contribution in [1.82, 2.24) is 9.97 Å². The number of aromatic nitrogens is 2. The minimum absolute atomic E-state index is 0.557. The lowest BCUT2D eigenvalue weighted by molar-refractivity contribution is 0.112. The maximum atomic E-state index is 10.4. The summed E-state index contributed by atoms with van der Waals surface area (Å²) in [6.45, 7) is 0. The molecule has 0 radical (unpaired) electrons. The summed E-state index contributed by atoms with van der Waals surface area (Å²) < 4.78 is 0. The van der Waals surface area contributed by atoms with Gasteiger partial charge in [0.2, 0.25) is 0 Å². The molecule has 2 heterocycles. The molecule has 0 amide bonds. The van der Waals surface area contributed by atoms with E-state index < -0.39 is 0 Å². The normalized spacial score (nSPS) is 10.0. The van der Waals surface area contributed by atoms with E-state index in [2.05, 4.69) is 9.97 Å². The van der Waals surface area contributed by atoms with Crippen LogP contribution in [0.4, 0.5) is 0 Å². The SMILES string of the molecule is O=Cc1cnc2cccnc2c1. The minimum Gasteiger partial charge on any atom is -0.298 e. The van der Waals surface area contributed by atoms with Gasteiger partial charge in [0.05, 0.1) is 11.0 Å². The van der Waals surface area contributed by atoms with Crippen LogP contribution in [0.1, 0.15) is 10.4 Å². The van der Waals surface area contributed by atoms with Crippen molar-refractivity contribution in [3.63, 3.8) is 0 Å². The molecule has 0 N–H and O–H groups in total. The first-order valence-corrected chi connectivity index (χ1v) is 3.56. The molecule has 0 fully saturated rings. The van der Waals surface area contributed by atoms with Gasteiger partial charge in [0.15, 0.2) is 6.29 Å². The van der Waals surface area contributed by atoms with E-state index in [1.54, 1.807) is 12.3 Å². The number of hydrogen-bond acceptors (Lipinski definition) is 3. The van der Waals surface area contributed by atoms with Gasteiger partial charge in [-0.15, -0.1) is 0 Å². The molecule has 0 spiro atoms. The number of rotatable bonds is 1. The van der Waals surface area contributed by atoms with Crippen molar-refractivity contribution in [1.29, 1.82) is 0 Å². The molecule has 58 valence electrons. The fraction of sp³-hybridized carbons (Fsp3) is 0. The maximum Gasteiger partial charge on any atom is 0.151 e. The Morgan fingerprint density at radius 3 is 3.00 bits per heavy atom. The third kappa shape index (κ3) is 1.05. The van der Waals surface area contributed by atoms with Gasteiger partial charge in [-0.25, -0.2) is 0 Å². The van der Waals surface area contributed by atoms with Gasteiger partial charge in [-0.05, 0) is 18.2 Å². The largest absolute Gasteiger partial charge is 0.298 e. The predicted octanol–water partition coefficient (Wildman–Crippen LogP) is 1.44. The number of aldehydes is 1. The van der Waals surface area contributed by atoms with Crippen LogP contribution in [-0.4, -0.2) is 16.3 Å². The monoisotopic (exact) mass is 158 g/mol. The van der Waals surface area contributed by atoms with Gasteiger partial charge in [-0.3, -0.25) is 14.8 Å². The molecule has 12 heavy (non-hydrogen) atoms. The maximum absolute atomic E-state index is 10.4. The molecule has 3 heteroatoms. The molecule has 0 saturated carbocycles. The molecule has 0 atom stereocenters. The molecule has 0 unspecified atom stereocenters. The number of carbonyl (C=O) groups excluding carboxylic acids is 1. The van der Waals surface area contributed by atoms with E-state index in [1.165, 1.54) is 6.20 Å². The standard InChI is InChI=1S/C9H6N2O/c12-6-7-4-9-8(11-5-7)2-1-3-10-9/h1-6H. The van der Waals surface area contributed by atoms with E-state index in [0.29, 0.717) is 5.56 Å². The summed E-state index contributed by atoms with van der Waals surface area (Å²) in [5.41, 5.74) is 2.12. The lowest BCUT2D eigenvalue weighted by Gasteiger charge is -1.94. The van der Waals surface area contributed by atoms with Crippen LogP contribution in [0.5, 0.6) is 0 Å². The average Bonchev–Trinajstić information content (AvgIpc) is 2.17. The first kappa shape index (κ1) is 6.91. The summed E-state index contributed by atoms with van der Waals surface area (Å²) in [7, 11) is 0. The Balaban J connectivity index is 2.75. The van der Waals surface area contributed by atoms with Crippen LogP contribution < -0.4 is 0 Å². The van der Waals surface area contributed by atoms with Crippen LogP contribution in [0.2, 0.25) is 0 Å². The van der Waals surface area contributed by atoms with E-state index >= 15 is 0 Å². The second-order valence-corrected chi connectivity index (χ2v) is 2.43. The Bertz CT molecular complexity index is 426. The number of hydrogen-bond donors (Lipinski definition) is 0. The Kier molecular flexibility index (Phi) is 1.55. The van der Waals surface area contributed by atoms with Crippen LogP contribution >= 0.6 is 0 Å². The van der Waals surface area contributed by atoms with E-state index in [1.807, 2.05) is 12.1 Å². The Morgan fingerprint density at radius 2 is 2.17 bits per heavy atom. The molecule has 0 aliphatic carbocycles. The zero-order chi connectivity index (χ0) is 8.39. The van der Waals surface area contributed by atoms with Crippen molar-refractivity contribution in [3.05, 3.63) is 36.2 Å². The lowest BCUT2D eigenvalue weighted by Crippen LogP contribution is -1.85. The third-order valence-electron chi connectivity index (χ3n) is 1.61. The second kappa shape index (κ2) is 2.70. The van der Waals surface area contributed by atoms with Crippen molar-refractivity contribution in [2.45, 2.75) is 0 Å². The fourth-order valence-corrected chi connectivity index (χ4v) is 1.03. The highest BCUT2D eigenvalue weighted by molar-refractivity contribution is 5.82. The van der Waals surface area contributed by atoms with Crippen molar-refractivity contribution < 1.29 is 4.79 Å². The summed E-state index contributed by atoms with van der Waals surface area (Å²) in [6.07, 6.45) is 3.98. The molecular weight excluding hydrogens is 152 g/mol. The summed E-state index contributed by atoms with van der Waals surface area (Å²) >= 11 is 0. The molecular formula is C9H6N2O. The quantitative estimate of drug-likeness (QED) is 0.590. The Labute approximate surface area is 69.1 Å². The van der Waals surface area contributed by atoms with Gasteiger partial charge in [0.25, 0.3) is 0 Å². The smallest absolute Gasteiger partial charge is 0.151 e. The summed E-state index contributed by atoms with van der Waals surface area (Å²) in [5, 5.41) is 0. The highest BCUT2D eigenvalue weighted by Crippen LogP contribution is 2.07. The zero-order valence-electron chi connectivity index (χ0n) is 6.27. The van der Waals surface area contributed by atoms with Crippen LogP contribution in [0.15, 0.2) is 30.6 Å². The predicted molar refractivity (Wildman–Crippen MR) is 44.9 cm³/mol. The van der Waals surface area contributed by atoms with Crippen LogP contribution in [0.25, 0.3) is 11.0 Å². The van der Waals surface area contributed by atoms with E-state index in [4.69, 9.17) is 0 Å². The first-order chi connectivity index (χ1) is 5.90. The van der Waals surface area contributed by atoms with Gasteiger partial charge < -0.3 is 0 Å². The topological polar surface area (TPSA) is 42.9 Å². The summed E-state index contributed by atoms with van der Waals surface area (Å²) in [4.78, 5) is 18.5. The van der Waals surface area contributed by atoms with Crippen molar-refractivity contribution in [2.75, 3.05) is 0 Å². The van der Waals surface area contributed by atoms with E-state index in [9.17, 15) is 4.79 Å². The van der Waals surface area contributed by atoms with Crippen molar-refractivity contribution in [3.8, 4) is 0 Å². The molecule has 2 aromatic heterocycles. The molecule has 3 nitrogen and oxygen atoms in total. The highest BCUT2D eigenvalue weighted by atomic mass is 16.1. The Hall–Kier alpha value is -1.77. The van der Waals surface area contributed by atoms with Crippen LogP contribution in [0, 0.1) is 0 Å². The van der Waals surface area contributed by atoms with Gasteiger partial charge in [0.1, 0.15) is 0 Å². The zero-order valence-corrected chi connectivity index (χ0v) is 6.27. The highest BCUT2D eigenvalue weighted by Gasteiger charge is 1.95. The molecule has 0 saturated heterocycles. The lowest BCUT2D eigenvalue weighted by atomic mass is 10.2. The fourth-order valence-electron chi connectivity index (χ4n) is 1.03.